The quantitative estimate of drug-likeness (QED) is 0.877. The molecule has 5 nitrogen and oxygen atoms in total. The second-order valence-electron chi connectivity index (χ2n) is 4.66. The summed E-state index contributed by atoms with van der Waals surface area (Å²) in [7, 11) is 0. The number of aryl methyl sites for hydroxylation is 1. The topological polar surface area (TPSA) is 63.2 Å². The number of carbonyl (C=O) groups excluding carboxylic acids is 1. The number of ether oxygens (including phenoxy) is 1. The number of aromatic nitrogens is 1. The molecule has 0 fully saturated rings. The average Bonchev–Trinajstić information content (AvgIpc) is 2.49. The van der Waals surface area contributed by atoms with E-state index in [1.54, 1.807) is 18.5 Å². The summed E-state index contributed by atoms with van der Waals surface area (Å²) in [4.78, 5) is 16.2. The highest BCUT2D eigenvalue weighted by Gasteiger charge is 2.25. The Morgan fingerprint density at radius 3 is 3.10 bits per heavy atom. The molecule has 0 aliphatic carbocycles. The molecule has 0 radical (unpaired) electrons. The van der Waals surface area contributed by atoms with E-state index in [-0.39, 0.29) is 5.91 Å². The van der Waals surface area contributed by atoms with E-state index in [1.807, 2.05) is 31.2 Å². The smallest absolute Gasteiger partial charge is 0.267 e. The van der Waals surface area contributed by atoms with Crippen LogP contribution in [0.3, 0.4) is 0 Å². The van der Waals surface area contributed by atoms with Gasteiger partial charge in [0.1, 0.15) is 5.75 Å². The van der Waals surface area contributed by atoms with Gasteiger partial charge in [-0.2, -0.15) is 0 Å². The Labute approximate surface area is 117 Å². The van der Waals surface area contributed by atoms with Gasteiger partial charge in [-0.15, -0.1) is 0 Å². The van der Waals surface area contributed by atoms with Crippen molar-refractivity contribution in [2.45, 2.75) is 13.0 Å². The number of rotatable bonds is 2. The molecule has 1 amide bonds. The first-order valence-electron chi connectivity index (χ1n) is 6.45. The lowest BCUT2D eigenvalue weighted by atomic mass is 10.2. The lowest BCUT2D eigenvalue weighted by Crippen LogP contribution is -2.41. The Hall–Kier alpha value is -2.56. The Morgan fingerprint density at radius 1 is 1.40 bits per heavy atom. The van der Waals surface area contributed by atoms with Crippen LogP contribution >= 0.6 is 0 Å². The fraction of sp³-hybridized carbons (Fsp3) is 0.200. The second-order valence-corrected chi connectivity index (χ2v) is 4.66. The first-order chi connectivity index (χ1) is 9.74. The molecule has 0 saturated carbocycles. The molecule has 2 N–H and O–H groups in total. The van der Waals surface area contributed by atoms with E-state index in [2.05, 4.69) is 15.6 Å². The highest BCUT2D eigenvalue weighted by atomic mass is 16.5. The molecular weight excluding hydrogens is 254 g/mol. The number of para-hydroxylation sites is 2. The number of fused-ring (bicyclic) bond motifs is 1. The van der Waals surface area contributed by atoms with Gasteiger partial charge in [0.2, 0.25) is 0 Å². The minimum Gasteiger partial charge on any atom is -0.477 e. The fourth-order valence-electron chi connectivity index (χ4n) is 2.09. The number of nitrogens with one attached hydrogen (secondary N) is 2. The molecule has 1 aliphatic heterocycles. The molecule has 0 bridgehead atoms. The Morgan fingerprint density at radius 2 is 2.25 bits per heavy atom. The molecule has 1 aliphatic rings. The van der Waals surface area contributed by atoms with Crippen molar-refractivity contribution in [3.63, 3.8) is 0 Å². The minimum absolute atomic E-state index is 0.165. The minimum atomic E-state index is -0.544. The molecule has 5 heteroatoms. The molecule has 20 heavy (non-hydrogen) atoms. The van der Waals surface area contributed by atoms with Crippen LogP contribution in [0.4, 0.5) is 11.4 Å². The van der Waals surface area contributed by atoms with Gasteiger partial charge in [0.25, 0.3) is 5.91 Å². The molecule has 1 aromatic carbocycles. The van der Waals surface area contributed by atoms with Crippen LogP contribution in [0.15, 0.2) is 42.7 Å². The van der Waals surface area contributed by atoms with E-state index in [1.165, 1.54) is 0 Å². The number of amides is 1. The molecule has 3 rings (SSSR count). The zero-order valence-electron chi connectivity index (χ0n) is 11.1. The number of pyridine rings is 1. The highest BCUT2D eigenvalue weighted by Crippen LogP contribution is 2.28. The van der Waals surface area contributed by atoms with Crippen LogP contribution in [0.5, 0.6) is 5.75 Å². The third-order valence-corrected chi connectivity index (χ3v) is 3.20. The molecule has 102 valence electrons. The van der Waals surface area contributed by atoms with Gasteiger partial charge < -0.3 is 15.4 Å². The summed E-state index contributed by atoms with van der Waals surface area (Å²) >= 11 is 0. The molecule has 2 aromatic rings. The average molecular weight is 269 g/mol. The van der Waals surface area contributed by atoms with Crippen molar-refractivity contribution in [2.75, 3.05) is 17.2 Å². The van der Waals surface area contributed by atoms with E-state index in [0.29, 0.717) is 12.3 Å². The van der Waals surface area contributed by atoms with Crippen LogP contribution < -0.4 is 15.4 Å². The van der Waals surface area contributed by atoms with Crippen LogP contribution in [-0.4, -0.2) is 23.5 Å². The predicted molar refractivity (Wildman–Crippen MR) is 77.0 cm³/mol. The normalized spacial score (nSPS) is 16.6. The van der Waals surface area contributed by atoms with Gasteiger partial charge in [0, 0.05) is 18.1 Å². The molecule has 1 atom stereocenters. The van der Waals surface area contributed by atoms with Gasteiger partial charge >= 0.3 is 0 Å². The summed E-state index contributed by atoms with van der Waals surface area (Å²) in [6.07, 6.45) is 2.82. The Balaban J connectivity index is 1.72. The van der Waals surface area contributed by atoms with Crippen molar-refractivity contribution < 1.29 is 9.53 Å². The molecule has 0 saturated heterocycles. The number of hydrogen-bond donors (Lipinski definition) is 2. The van der Waals surface area contributed by atoms with Crippen molar-refractivity contribution >= 4 is 17.3 Å². The van der Waals surface area contributed by atoms with Gasteiger partial charge in [-0.25, -0.2) is 0 Å². The molecule has 0 spiro atoms. The summed E-state index contributed by atoms with van der Waals surface area (Å²) in [5, 5.41) is 6.06. The van der Waals surface area contributed by atoms with Gasteiger partial charge in [0.15, 0.2) is 6.10 Å². The van der Waals surface area contributed by atoms with Crippen molar-refractivity contribution in [3.05, 3.63) is 48.3 Å². The number of benzene rings is 1. The molecular formula is C15H15N3O2. The zero-order chi connectivity index (χ0) is 13.9. The zero-order valence-corrected chi connectivity index (χ0v) is 11.1. The Bertz CT molecular complexity index is 643. The van der Waals surface area contributed by atoms with Crippen LogP contribution in [0.1, 0.15) is 5.56 Å². The van der Waals surface area contributed by atoms with E-state index in [0.717, 1.165) is 16.9 Å². The van der Waals surface area contributed by atoms with Gasteiger partial charge in [-0.05, 0) is 30.7 Å². The molecule has 2 heterocycles. The third kappa shape index (κ3) is 2.42. The maximum absolute atomic E-state index is 12.2. The Kier molecular flexibility index (Phi) is 3.25. The van der Waals surface area contributed by atoms with Crippen molar-refractivity contribution in [2.24, 2.45) is 0 Å². The lowest BCUT2D eigenvalue weighted by molar-refractivity contribution is -0.122. The first kappa shape index (κ1) is 12.5. The van der Waals surface area contributed by atoms with Crippen molar-refractivity contribution in [1.82, 2.24) is 4.98 Å². The number of carbonyl (C=O) groups is 1. The number of anilines is 2. The molecule has 1 aromatic heterocycles. The van der Waals surface area contributed by atoms with Gasteiger partial charge in [-0.3, -0.25) is 9.78 Å². The summed E-state index contributed by atoms with van der Waals surface area (Å²) in [5.41, 5.74) is 2.59. The second kappa shape index (κ2) is 5.21. The summed E-state index contributed by atoms with van der Waals surface area (Å²) in [5.74, 6) is 0.534. The van der Waals surface area contributed by atoms with Crippen LogP contribution in [0.25, 0.3) is 0 Å². The van der Waals surface area contributed by atoms with E-state index in [9.17, 15) is 4.79 Å². The lowest BCUT2D eigenvalue weighted by Gasteiger charge is -2.26. The fourth-order valence-corrected chi connectivity index (χ4v) is 2.09. The maximum atomic E-state index is 12.2. The van der Waals surface area contributed by atoms with E-state index in [4.69, 9.17) is 4.74 Å². The van der Waals surface area contributed by atoms with Crippen molar-refractivity contribution in [1.29, 1.82) is 0 Å². The summed E-state index contributed by atoms with van der Waals surface area (Å²) < 4.78 is 5.72. The van der Waals surface area contributed by atoms with Crippen LogP contribution in [0, 0.1) is 6.92 Å². The molecule has 1 unspecified atom stereocenters. The number of nitrogens with zero attached hydrogens (tertiary/aromatic N) is 1. The van der Waals surface area contributed by atoms with E-state index >= 15 is 0 Å². The third-order valence-electron chi connectivity index (χ3n) is 3.20. The summed E-state index contributed by atoms with van der Waals surface area (Å²) in [6, 6.07) is 9.36. The SMILES string of the molecule is Cc1cnccc1NC(=O)C1CNc2ccccc2O1. The van der Waals surface area contributed by atoms with Crippen LogP contribution in [-0.2, 0) is 4.79 Å². The van der Waals surface area contributed by atoms with E-state index < -0.39 is 6.10 Å². The van der Waals surface area contributed by atoms with Crippen molar-refractivity contribution in [3.8, 4) is 5.75 Å². The first-order valence-corrected chi connectivity index (χ1v) is 6.45. The highest BCUT2D eigenvalue weighted by molar-refractivity contribution is 5.95. The summed E-state index contributed by atoms with van der Waals surface area (Å²) in [6.45, 7) is 2.35. The predicted octanol–water partition coefficient (Wildman–Crippen LogP) is 2.20. The van der Waals surface area contributed by atoms with Gasteiger partial charge in [-0.1, -0.05) is 12.1 Å². The standard InChI is InChI=1S/C15H15N3O2/c1-10-8-16-7-6-11(10)18-15(19)14-9-17-12-4-2-3-5-13(12)20-14/h2-8,14,17H,9H2,1H3,(H,16,18,19). The number of hydrogen-bond acceptors (Lipinski definition) is 4. The maximum Gasteiger partial charge on any atom is 0.267 e. The van der Waals surface area contributed by atoms with Crippen LogP contribution in [0.2, 0.25) is 0 Å². The largest absolute Gasteiger partial charge is 0.477 e. The van der Waals surface area contributed by atoms with Gasteiger partial charge in [0.05, 0.1) is 12.2 Å². The monoisotopic (exact) mass is 269 g/mol.